The maximum atomic E-state index is 13.7. The Kier molecular flexibility index (Phi) is 11.4. The molecule has 4 rings (SSSR count). The average Bonchev–Trinajstić information content (AvgIpc) is 3.05. The molecule has 2 atom stereocenters. The second kappa shape index (κ2) is 15.3. The number of hydroxylamine groups is 1. The van der Waals surface area contributed by atoms with Crippen LogP contribution < -0.4 is 20.9 Å². The molecule has 0 unspecified atom stereocenters. The van der Waals surface area contributed by atoms with Crippen molar-refractivity contribution in [3.05, 3.63) is 89.5 Å². The number of ether oxygens (including phenoxy) is 3. The summed E-state index contributed by atoms with van der Waals surface area (Å²) in [5.74, 6) is -1.96. The van der Waals surface area contributed by atoms with E-state index in [-0.39, 0.29) is 30.2 Å². The summed E-state index contributed by atoms with van der Waals surface area (Å²) in [5.41, 5.74) is 2.75. The molecule has 0 aromatic heterocycles. The first-order chi connectivity index (χ1) is 22.7. The summed E-state index contributed by atoms with van der Waals surface area (Å²) in [7, 11) is -2.80. The van der Waals surface area contributed by atoms with Crippen molar-refractivity contribution in [3.63, 3.8) is 0 Å². The Morgan fingerprint density at radius 3 is 2.29 bits per heavy atom. The van der Waals surface area contributed by atoms with Crippen molar-refractivity contribution < 1.29 is 47.0 Å². The summed E-state index contributed by atoms with van der Waals surface area (Å²) in [4.78, 5) is 51.3. The van der Waals surface area contributed by atoms with Crippen LogP contribution in [0.1, 0.15) is 43.9 Å². The lowest BCUT2D eigenvalue weighted by atomic mass is 9.95. The smallest absolute Gasteiger partial charge is 0.408 e. The molecule has 1 heterocycles. The number of fused-ring (bicyclic) bond motifs is 1. The molecule has 0 fully saturated rings. The van der Waals surface area contributed by atoms with Crippen molar-refractivity contribution >= 4 is 39.6 Å². The molecule has 0 radical (unpaired) electrons. The number of esters is 1. The van der Waals surface area contributed by atoms with Gasteiger partial charge in [-0.15, -0.1) is 0 Å². The van der Waals surface area contributed by atoms with Crippen LogP contribution in [0.25, 0.3) is 0 Å². The lowest BCUT2D eigenvalue weighted by molar-refractivity contribution is -0.156. The monoisotopic (exact) mass is 682 g/mol. The molecular formula is C33H38N4O10S. The number of alkyl carbamates (subject to hydrolysis) is 1. The van der Waals surface area contributed by atoms with Crippen LogP contribution in [0, 0.1) is 0 Å². The van der Waals surface area contributed by atoms with Gasteiger partial charge in [0.25, 0.3) is 5.91 Å². The zero-order chi connectivity index (χ0) is 35.1. The number of amides is 3. The summed E-state index contributed by atoms with van der Waals surface area (Å²) in [6, 6.07) is 16.6. The van der Waals surface area contributed by atoms with Crippen molar-refractivity contribution in [3.8, 4) is 5.75 Å². The molecule has 48 heavy (non-hydrogen) atoms. The Labute approximate surface area is 278 Å². The first-order valence-corrected chi connectivity index (χ1v) is 16.4. The maximum absolute atomic E-state index is 13.7. The van der Waals surface area contributed by atoms with E-state index in [9.17, 15) is 32.8 Å². The van der Waals surface area contributed by atoms with Gasteiger partial charge in [0.05, 0.1) is 18.4 Å². The van der Waals surface area contributed by atoms with Gasteiger partial charge in [0.2, 0.25) is 15.9 Å². The van der Waals surface area contributed by atoms with Crippen molar-refractivity contribution in [2.24, 2.45) is 0 Å². The van der Waals surface area contributed by atoms with Gasteiger partial charge in [0, 0.05) is 12.2 Å². The number of hydrogen-bond donors (Lipinski definition) is 4. The topological polar surface area (TPSA) is 190 Å². The van der Waals surface area contributed by atoms with Crippen LogP contribution in [0.5, 0.6) is 5.75 Å². The summed E-state index contributed by atoms with van der Waals surface area (Å²) in [6.07, 6.45) is -1.50. The zero-order valence-electron chi connectivity index (χ0n) is 26.9. The average molecular weight is 683 g/mol. The van der Waals surface area contributed by atoms with Gasteiger partial charge in [-0.05, 0) is 80.3 Å². The van der Waals surface area contributed by atoms with Crippen LogP contribution >= 0.6 is 0 Å². The molecule has 14 nitrogen and oxygen atoms in total. The molecule has 15 heteroatoms. The highest BCUT2D eigenvalue weighted by Gasteiger charge is 2.40. The molecular weight excluding hydrogens is 644 g/mol. The Hall–Kier alpha value is -4.99. The third-order valence-electron chi connectivity index (χ3n) is 7.25. The minimum Gasteiger partial charge on any atom is -0.497 e. The van der Waals surface area contributed by atoms with Crippen molar-refractivity contribution in [2.45, 2.75) is 69.3 Å². The first kappa shape index (κ1) is 35.9. The second-order valence-corrected chi connectivity index (χ2v) is 13.8. The number of carbonyl (C=O) groups is 4. The second-order valence-electron chi connectivity index (χ2n) is 11.9. The van der Waals surface area contributed by atoms with E-state index in [4.69, 9.17) is 14.2 Å². The third-order valence-corrected chi connectivity index (χ3v) is 9.12. The van der Waals surface area contributed by atoms with E-state index in [2.05, 4.69) is 10.6 Å². The van der Waals surface area contributed by atoms with Gasteiger partial charge in [0.15, 0.2) is 0 Å². The highest BCUT2D eigenvalue weighted by molar-refractivity contribution is 7.89. The van der Waals surface area contributed by atoms with Crippen molar-refractivity contribution in [2.75, 3.05) is 12.4 Å². The number of carbonyl (C=O) groups excluding carboxylic acids is 4. The van der Waals surface area contributed by atoms with E-state index in [1.807, 2.05) is 6.07 Å². The standard InChI is InChI=1S/C33H38N4O10S/c1-33(2,3)47-29(38)18-27(35-32(41)46-20-21-8-6-5-7-9-21)30(39)34-24-11-10-22-17-28(31(40)36-42)37(19-23(22)16-24)48(43,44)26-14-12-25(45-4)13-15-26/h5-16,27-28,42H,17-20H2,1-4H3,(H,34,39)(H,35,41)(H,36,40)/t27-,28+/m0/s1. The quantitative estimate of drug-likeness (QED) is 0.133. The first-order valence-electron chi connectivity index (χ1n) is 14.9. The summed E-state index contributed by atoms with van der Waals surface area (Å²) >= 11 is 0. The molecule has 4 N–H and O–H groups in total. The maximum Gasteiger partial charge on any atom is 0.408 e. The molecule has 1 aliphatic heterocycles. The Morgan fingerprint density at radius 1 is 0.979 bits per heavy atom. The largest absolute Gasteiger partial charge is 0.497 e. The Bertz CT molecular complexity index is 1740. The van der Waals surface area contributed by atoms with E-state index < -0.39 is 58.0 Å². The molecule has 256 valence electrons. The van der Waals surface area contributed by atoms with E-state index in [1.54, 1.807) is 56.6 Å². The molecule has 0 aliphatic carbocycles. The zero-order valence-corrected chi connectivity index (χ0v) is 27.7. The van der Waals surface area contributed by atoms with Gasteiger partial charge in [-0.1, -0.05) is 36.4 Å². The van der Waals surface area contributed by atoms with Gasteiger partial charge >= 0.3 is 12.1 Å². The SMILES string of the molecule is COc1ccc(S(=O)(=O)N2Cc3cc(NC(=O)[C@H](CC(=O)OC(C)(C)C)NC(=O)OCc4ccccc4)ccc3C[C@@H]2C(=O)NO)cc1. The lowest BCUT2D eigenvalue weighted by Crippen LogP contribution is -2.51. The summed E-state index contributed by atoms with van der Waals surface area (Å²) < 4.78 is 44.0. The van der Waals surface area contributed by atoms with Crippen LogP contribution in [-0.4, -0.2) is 66.6 Å². The molecule has 0 saturated heterocycles. The fourth-order valence-corrected chi connectivity index (χ4v) is 6.53. The number of nitrogens with one attached hydrogen (secondary N) is 3. The van der Waals surface area contributed by atoms with Crippen LogP contribution in [0.3, 0.4) is 0 Å². The van der Waals surface area contributed by atoms with Gasteiger partial charge in [-0.2, -0.15) is 4.31 Å². The fraction of sp³-hybridized carbons (Fsp3) is 0.333. The highest BCUT2D eigenvalue weighted by atomic mass is 32.2. The molecule has 0 saturated carbocycles. The summed E-state index contributed by atoms with van der Waals surface area (Å²) in [6.45, 7) is 4.67. The normalized spacial score (nSPS) is 15.3. The van der Waals surface area contributed by atoms with E-state index in [0.29, 0.717) is 16.9 Å². The molecule has 0 spiro atoms. The van der Waals surface area contributed by atoms with Crippen LogP contribution in [0.2, 0.25) is 0 Å². The number of methoxy groups -OCH3 is 1. The van der Waals surface area contributed by atoms with Crippen LogP contribution in [0.4, 0.5) is 10.5 Å². The van der Waals surface area contributed by atoms with Gasteiger partial charge in [-0.3, -0.25) is 19.6 Å². The molecule has 3 amide bonds. The molecule has 3 aromatic rings. The van der Waals surface area contributed by atoms with E-state index >= 15 is 0 Å². The fourth-order valence-electron chi connectivity index (χ4n) is 4.97. The Balaban J connectivity index is 1.55. The van der Waals surface area contributed by atoms with Gasteiger partial charge < -0.3 is 24.8 Å². The van der Waals surface area contributed by atoms with Gasteiger partial charge in [0.1, 0.15) is 30.0 Å². The number of anilines is 1. The van der Waals surface area contributed by atoms with Crippen LogP contribution in [0.15, 0.2) is 77.7 Å². The Morgan fingerprint density at radius 2 is 1.67 bits per heavy atom. The highest BCUT2D eigenvalue weighted by Crippen LogP contribution is 2.31. The number of sulfonamides is 1. The predicted octanol–water partition coefficient (Wildman–Crippen LogP) is 3.28. The predicted molar refractivity (Wildman–Crippen MR) is 172 cm³/mol. The third kappa shape index (κ3) is 9.30. The number of hydrogen-bond acceptors (Lipinski definition) is 10. The van der Waals surface area contributed by atoms with Crippen molar-refractivity contribution in [1.29, 1.82) is 0 Å². The minimum absolute atomic E-state index is 0.0660. The molecule has 1 aliphatic rings. The van der Waals surface area contributed by atoms with Crippen LogP contribution in [-0.2, 0) is 53.5 Å². The number of rotatable bonds is 11. The number of nitrogens with zero attached hydrogens (tertiary/aromatic N) is 1. The molecule has 3 aromatic carbocycles. The van der Waals surface area contributed by atoms with Crippen molar-refractivity contribution in [1.82, 2.24) is 15.1 Å². The minimum atomic E-state index is -4.25. The summed E-state index contributed by atoms with van der Waals surface area (Å²) in [5, 5.41) is 14.5. The molecule has 0 bridgehead atoms. The van der Waals surface area contributed by atoms with Gasteiger partial charge in [-0.25, -0.2) is 18.7 Å². The van der Waals surface area contributed by atoms with E-state index in [1.165, 1.54) is 43.5 Å². The van der Waals surface area contributed by atoms with E-state index in [0.717, 1.165) is 9.87 Å². The number of benzene rings is 3. The lowest BCUT2D eigenvalue weighted by Gasteiger charge is -2.34.